The molecule has 1 heterocycles. The molecule has 166 valence electrons. The predicted octanol–water partition coefficient (Wildman–Crippen LogP) is 3.93. The van der Waals surface area contributed by atoms with Gasteiger partial charge in [0.15, 0.2) is 6.61 Å². The topological polar surface area (TPSA) is 102 Å². The number of rotatable bonds is 10. The van der Waals surface area contributed by atoms with Gasteiger partial charge < -0.3 is 14.6 Å². The van der Waals surface area contributed by atoms with Gasteiger partial charge in [0, 0.05) is 13.2 Å². The molecule has 0 radical (unpaired) electrons. The Hall–Kier alpha value is -3.11. The molecule has 7 heteroatoms. The average molecular weight is 427 g/mol. The maximum Gasteiger partial charge on any atom is 0.271 e. The maximum atomic E-state index is 12.9. The molecular weight excluding hydrogens is 396 g/mol. The third-order valence-corrected chi connectivity index (χ3v) is 4.97. The Bertz CT molecular complexity index is 1010. The molecular formula is C24H30N2O5. The van der Waals surface area contributed by atoms with Crippen molar-refractivity contribution in [3.8, 4) is 17.7 Å². The maximum absolute atomic E-state index is 12.9. The van der Waals surface area contributed by atoms with E-state index in [1.807, 2.05) is 32.0 Å². The molecule has 0 fully saturated rings. The number of nitrogens with zero attached hydrogens (tertiary/aromatic N) is 2. The summed E-state index contributed by atoms with van der Waals surface area (Å²) in [6.07, 6.45) is 0.494. The summed E-state index contributed by atoms with van der Waals surface area (Å²) in [6, 6.07) is 9.29. The van der Waals surface area contributed by atoms with Crippen LogP contribution in [0, 0.1) is 18.3 Å². The number of carbonyl (C=O) groups is 1. The summed E-state index contributed by atoms with van der Waals surface area (Å²) >= 11 is 0. The number of Topliss-reactive ketones (excluding diaryl/α,β-unsaturated/α-hetero) is 1. The van der Waals surface area contributed by atoms with Crippen LogP contribution in [0.25, 0.3) is 0 Å². The van der Waals surface area contributed by atoms with Crippen molar-refractivity contribution in [2.24, 2.45) is 0 Å². The lowest BCUT2D eigenvalue weighted by atomic mass is 10.0. The third-order valence-electron chi connectivity index (χ3n) is 4.97. The van der Waals surface area contributed by atoms with Crippen LogP contribution in [0.4, 0.5) is 0 Å². The number of pyridine rings is 1. The molecule has 0 aliphatic carbocycles. The van der Waals surface area contributed by atoms with Crippen molar-refractivity contribution >= 4 is 5.78 Å². The Labute approximate surface area is 182 Å². The Kier molecular flexibility index (Phi) is 8.40. The SMILES string of the molecule is Cc1c(C(=O)COc2ccc(C(C)C)cc2)c(O)n(CCCOC(C)C)c(=O)c1C#N. The van der Waals surface area contributed by atoms with E-state index >= 15 is 0 Å². The lowest BCUT2D eigenvalue weighted by Gasteiger charge is -2.16. The Morgan fingerprint density at radius 3 is 2.39 bits per heavy atom. The van der Waals surface area contributed by atoms with E-state index in [1.54, 1.807) is 12.1 Å². The van der Waals surface area contributed by atoms with Crippen LogP contribution in [0.5, 0.6) is 11.6 Å². The molecule has 0 unspecified atom stereocenters. The molecule has 0 bridgehead atoms. The van der Waals surface area contributed by atoms with Gasteiger partial charge >= 0.3 is 0 Å². The minimum absolute atomic E-state index is 0.0434. The smallest absolute Gasteiger partial charge is 0.271 e. The first kappa shape index (κ1) is 24.2. The number of benzene rings is 1. The van der Waals surface area contributed by atoms with E-state index in [1.165, 1.54) is 6.92 Å². The highest BCUT2D eigenvalue weighted by atomic mass is 16.5. The predicted molar refractivity (Wildman–Crippen MR) is 118 cm³/mol. The first-order valence-corrected chi connectivity index (χ1v) is 10.4. The number of nitriles is 1. The zero-order valence-corrected chi connectivity index (χ0v) is 18.8. The van der Waals surface area contributed by atoms with E-state index in [2.05, 4.69) is 13.8 Å². The lowest BCUT2D eigenvalue weighted by molar-refractivity contribution is 0.0743. The van der Waals surface area contributed by atoms with Crippen LogP contribution in [0.2, 0.25) is 0 Å². The van der Waals surface area contributed by atoms with Crippen molar-refractivity contribution in [2.45, 2.75) is 59.6 Å². The van der Waals surface area contributed by atoms with Gasteiger partial charge in [-0.3, -0.25) is 14.2 Å². The van der Waals surface area contributed by atoms with Crippen molar-refractivity contribution in [1.29, 1.82) is 5.26 Å². The van der Waals surface area contributed by atoms with E-state index in [0.29, 0.717) is 24.7 Å². The van der Waals surface area contributed by atoms with Gasteiger partial charge in [0.05, 0.1) is 11.7 Å². The van der Waals surface area contributed by atoms with Crippen LogP contribution in [-0.4, -0.2) is 34.8 Å². The van der Waals surface area contributed by atoms with Crippen LogP contribution in [0.3, 0.4) is 0 Å². The highest BCUT2D eigenvalue weighted by molar-refractivity contribution is 6.01. The summed E-state index contributed by atoms with van der Waals surface area (Å²) in [5.74, 6) is -0.0531. The van der Waals surface area contributed by atoms with Crippen molar-refractivity contribution in [3.63, 3.8) is 0 Å². The Morgan fingerprint density at radius 2 is 1.84 bits per heavy atom. The molecule has 0 atom stereocenters. The van der Waals surface area contributed by atoms with E-state index in [9.17, 15) is 20.0 Å². The molecule has 1 aromatic heterocycles. The standard InChI is InChI=1S/C24H30N2O5/c1-15(2)18-7-9-19(10-8-18)31-14-21(27)22-17(5)20(13-25)23(28)26(24(22)29)11-6-12-30-16(3)4/h7-10,15-16,29H,6,11-12,14H2,1-5H3. The number of hydrogen-bond donors (Lipinski definition) is 1. The monoisotopic (exact) mass is 426 g/mol. The van der Waals surface area contributed by atoms with Crippen LogP contribution in [0.15, 0.2) is 29.1 Å². The van der Waals surface area contributed by atoms with E-state index in [4.69, 9.17) is 9.47 Å². The van der Waals surface area contributed by atoms with Crippen LogP contribution in [0.1, 0.15) is 67.1 Å². The summed E-state index contributed by atoms with van der Waals surface area (Å²) < 4.78 is 12.1. The highest BCUT2D eigenvalue weighted by Crippen LogP contribution is 2.24. The van der Waals surface area contributed by atoms with Gasteiger partial charge in [-0.05, 0) is 56.4 Å². The Morgan fingerprint density at radius 1 is 1.19 bits per heavy atom. The molecule has 0 aliphatic rings. The number of hydrogen-bond acceptors (Lipinski definition) is 6. The van der Waals surface area contributed by atoms with Gasteiger partial charge in [0.2, 0.25) is 11.7 Å². The van der Waals surface area contributed by atoms with Crippen LogP contribution < -0.4 is 10.3 Å². The highest BCUT2D eigenvalue weighted by Gasteiger charge is 2.24. The summed E-state index contributed by atoms with van der Waals surface area (Å²) in [5.41, 5.74) is 0.457. The number of carbonyl (C=O) groups excluding carboxylic acids is 1. The quantitative estimate of drug-likeness (QED) is 0.456. The molecule has 31 heavy (non-hydrogen) atoms. The van der Waals surface area contributed by atoms with Crippen LogP contribution >= 0.6 is 0 Å². The molecule has 1 aromatic carbocycles. The van der Waals surface area contributed by atoms with E-state index in [0.717, 1.165) is 10.1 Å². The summed E-state index contributed by atoms with van der Waals surface area (Å²) in [6.45, 7) is 9.64. The van der Waals surface area contributed by atoms with Crippen molar-refractivity contribution in [3.05, 3.63) is 56.9 Å². The van der Waals surface area contributed by atoms with Gasteiger partial charge in [-0.1, -0.05) is 26.0 Å². The van der Waals surface area contributed by atoms with E-state index < -0.39 is 17.2 Å². The fourth-order valence-corrected chi connectivity index (χ4v) is 3.20. The number of aromatic nitrogens is 1. The molecule has 7 nitrogen and oxygen atoms in total. The molecule has 2 rings (SSSR count). The van der Waals surface area contributed by atoms with Crippen LogP contribution in [-0.2, 0) is 11.3 Å². The second-order valence-corrected chi connectivity index (χ2v) is 7.98. The summed E-state index contributed by atoms with van der Waals surface area (Å²) in [5, 5.41) is 20.1. The fourth-order valence-electron chi connectivity index (χ4n) is 3.20. The van der Waals surface area contributed by atoms with E-state index in [-0.39, 0.29) is 35.9 Å². The fraction of sp³-hybridized carbons (Fsp3) is 0.458. The molecule has 0 spiro atoms. The zero-order chi connectivity index (χ0) is 23.1. The lowest BCUT2D eigenvalue weighted by Crippen LogP contribution is -2.28. The number of ether oxygens (including phenoxy) is 2. The minimum atomic E-state index is -0.621. The second kappa shape index (κ2) is 10.8. The first-order chi connectivity index (χ1) is 14.7. The number of aromatic hydroxyl groups is 1. The zero-order valence-electron chi connectivity index (χ0n) is 18.8. The van der Waals surface area contributed by atoms with Crippen molar-refractivity contribution in [1.82, 2.24) is 4.57 Å². The third kappa shape index (κ3) is 5.96. The second-order valence-electron chi connectivity index (χ2n) is 7.98. The molecule has 0 amide bonds. The van der Waals surface area contributed by atoms with Gasteiger partial charge in [-0.25, -0.2) is 0 Å². The summed E-state index contributed by atoms with van der Waals surface area (Å²) in [4.78, 5) is 25.5. The first-order valence-electron chi connectivity index (χ1n) is 10.4. The molecule has 0 saturated carbocycles. The van der Waals surface area contributed by atoms with Gasteiger partial charge in [-0.15, -0.1) is 0 Å². The average Bonchev–Trinajstić information content (AvgIpc) is 2.72. The van der Waals surface area contributed by atoms with Crippen molar-refractivity contribution in [2.75, 3.05) is 13.2 Å². The normalized spacial score (nSPS) is 11.0. The summed E-state index contributed by atoms with van der Waals surface area (Å²) in [7, 11) is 0. The largest absolute Gasteiger partial charge is 0.494 e. The molecule has 0 saturated heterocycles. The Balaban J connectivity index is 2.25. The number of ketones is 1. The molecule has 2 aromatic rings. The minimum Gasteiger partial charge on any atom is -0.494 e. The molecule has 1 N–H and O–H groups in total. The molecule has 0 aliphatic heterocycles. The van der Waals surface area contributed by atoms with Gasteiger partial charge in [0.25, 0.3) is 5.56 Å². The van der Waals surface area contributed by atoms with Gasteiger partial charge in [-0.2, -0.15) is 5.26 Å². The van der Waals surface area contributed by atoms with Gasteiger partial charge in [0.1, 0.15) is 17.4 Å². The van der Waals surface area contributed by atoms with Crippen molar-refractivity contribution < 1.29 is 19.4 Å².